The number of benzene rings is 2. The molecule has 1 N–H and O–H groups in total. The Morgan fingerprint density at radius 3 is 2.08 bits per heavy atom. The van der Waals surface area contributed by atoms with Crippen molar-refractivity contribution in [2.24, 2.45) is 0 Å². The molecule has 0 spiro atoms. The third kappa shape index (κ3) is 3.01. The summed E-state index contributed by atoms with van der Waals surface area (Å²) in [6.45, 7) is 0. The molecule has 0 aliphatic carbocycles. The van der Waals surface area contributed by atoms with Crippen LogP contribution >= 0.6 is 31.9 Å². The van der Waals surface area contributed by atoms with Gasteiger partial charge in [-0.05, 0) is 35.4 Å². The predicted molar refractivity (Wildman–Crippen MR) is 96.5 cm³/mol. The second-order valence-corrected chi connectivity index (χ2v) is 6.77. The third-order valence-corrected chi connectivity index (χ3v) is 4.51. The van der Waals surface area contributed by atoms with E-state index in [9.17, 15) is 15.2 Å². The summed E-state index contributed by atoms with van der Waals surface area (Å²) in [6, 6.07) is 15.8. The predicted octanol–water partition coefficient (Wildman–Crippen LogP) is 4.97. The Balaban J connectivity index is 2.14. The van der Waals surface area contributed by atoms with E-state index in [2.05, 4.69) is 31.9 Å². The SMILES string of the molecule is N#C/C(=C1/OC(=O)C(c2ccc(Br)cc2)=C1O)c1ccc(Br)cc1. The lowest BCUT2D eigenvalue weighted by molar-refractivity contribution is -0.131. The van der Waals surface area contributed by atoms with E-state index < -0.39 is 5.97 Å². The van der Waals surface area contributed by atoms with Gasteiger partial charge >= 0.3 is 5.97 Å². The van der Waals surface area contributed by atoms with Gasteiger partial charge in [0.05, 0.1) is 0 Å². The summed E-state index contributed by atoms with van der Waals surface area (Å²) in [7, 11) is 0. The third-order valence-electron chi connectivity index (χ3n) is 3.46. The Kier molecular flexibility index (Phi) is 4.56. The average Bonchev–Trinajstić information content (AvgIpc) is 2.86. The number of cyclic esters (lactones) is 1. The molecule has 1 aliphatic heterocycles. The maximum Gasteiger partial charge on any atom is 0.348 e. The second kappa shape index (κ2) is 6.63. The molecule has 1 aliphatic rings. The van der Waals surface area contributed by atoms with Crippen LogP contribution in [0.3, 0.4) is 0 Å². The minimum absolute atomic E-state index is 0.0439. The molecule has 118 valence electrons. The van der Waals surface area contributed by atoms with Gasteiger partial charge in [-0.3, -0.25) is 0 Å². The van der Waals surface area contributed by atoms with Crippen molar-refractivity contribution in [3.63, 3.8) is 0 Å². The van der Waals surface area contributed by atoms with Crippen molar-refractivity contribution in [2.75, 3.05) is 0 Å². The number of nitrogens with zero attached hydrogens (tertiary/aromatic N) is 1. The molecular weight excluding hydrogens is 438 g/mol. The first kappa shape index (κ1) is 16.5. The monoisotopic (exact) mass is 445 g/mol. The molecule has 0 bridgehead atoms. The highest BCUT2D eigenvalue weighted by atomic mass is 79.9. The van der Waals surface area contributed by atoms with Crippen molar-refractivity contribution in [1.29, 1.82) is 5.26 Å². The Labute approximate surface area is 154 Å². The molecule has 24 heavy (non-hydrogen) atoms. The van der Waals surface area contributed by atoms with Crippen LogP contribution in [-0.4, -0.2) is 11.1 Å². The van der Waals surface area contributed by atoms with Gasteiger partial charge in [0.25, 0.3) is 0 Å². The van der Waals surface area contributed by atoms with Crippen molar-refractivity contribution in [3.8, 4) is 6.07 Å². The molecule has 0 saturated carbocycles. The van der Waals surface area contributed by atoms with Crippen LogP contribution in [0.15, 0.2) is 69.0 Å². The van der Waals surface area contributed by atoms with Crippen LogP contribution in [0.2, 0.25) is 0 Å². The summed E-state index contributed by atoms with van der Waals surface area (Å²) < 4.78 is 6.88. The summed E-state index contributed by atoms with van der Waals surface area (Å²) in [4.78, 5) is 12.2. The zero-order valence-corrected chi connectivity index (χ0v) is 15.3. The maximum absolute atomic E-state index is 12.2. The fraction of sp³-hybridized carbons (Fsp3) is 0. The van der Waals surface area contributed by atoms with Crippen LogP contribution < -0.4 is 0 Å². The van der Waals surface area contributed by atoms with E-state index in [1.54, 1.807) is 48.5 Å². The standard InChI is InChI=1S/C18H9Br2NO3/c19-12-5-1-10(2-6-12)14(9-21)17-16(22)15(18(23)24-17)11-3-7-13(20)8-4-11/h1-8,22H/b17-14-. The smallest absolute Gasteiger partial charge is 0.348 e. The number of carbonyl (C=O) groups is 1. The number of hydrogen-bond acceptors (Lipinski definition) is 4. The number of halogens is 2. The van der Waals surface area contributed by atoms with Crippen molar-refractivity contribution in [2.45, 2.75) is 0 Å². The molecule has 4 nitrogen and oxygen atoms in total. The second-order valence-electron chi connectivity index (χ2n) is 4.94. The van der Waals surface area contributed by atoms with Crippen LogP contribution in [0.25, 0.3) is 11.1 Å². The van der Waals surface area contributed by atoms with Crippen LogP contribution in [-0.2, 0) is 9.53 Å². The molecule has 2 aromatic rings. The average molecular weight is 447 g/mol. The number of allylic oxidation sites excluding steroid dienone is 1. The number of ether oxygens (including phenoxy) is 1. The fourth-order valence-corrected chi connectivity index (χ4v) is 2.83. The summed E-state index contributed by atoms with van der Waals surface area (Å²) in [5.41, 5.74) is 1.21. The number of aliphatic hydroxyl groups excluding tert-OH is 1. The van der Waals surface area contributed by atoms with Crippen molar-refractivity contribution in [3.05, 3.63) is 80.1 Å². The highest BCUT2D eigenvalue weighted by Crippen LogP contribution is 2.36. The fourth-order valence-electron chi connectivity index (χ4n) is 2.31. The van der Waals surface area contributed by atoms with Gasteiger partial charge in [-0.1, -0.05) is 56.1 Å². The highest BCUT2D eigenvalue weighted by Gasteiger charge is 2.33. The van der Waals surface area contributed by atoms with Crippen LogP contribution in [0.5, 0.6) is 0 Å². The largest absolute Gasteiger partial charge is 0.504 e. The number of esters is 1. The Morgan fingerprint density at radius 1 is 1.00 bits per heavy atom. The normalized spacial score (nSPS) is 16.0. The van der Waals surface area contributed by atoms with Gasteiger partial charge in [-0.25, -0.2) is 4.79 Å². The number of hydrogen-bond donors (Lipinski definition) is 1. The zero-order valence-electron chi connectivity index (χ0n) is 12.1. The highest BCUT2D eigenvalue weighted by molar-refractivity contribution is 9.10. The van der Waals surface area contributed by atoms with E-state index in [1.165, 1.54) is 0 Å². The van der Waals surface area contributed by atoms with Crippen molar-refractivity contribution >= 4 is 49.0 Å². The number of nitriles is 1. The summed E-state index contributed by atoms with van der Waals surface area (Å²) in [5, 5.41) is 19.9. The molecule has 6 heteroatoms. The number of aliphatic hydroxyl groups is 1. The lowest BCUT2D eigenvalue weighted by Crippen LogP contribution is -1.99. The van der Waals surface area contributed by atoms with E-state index in [0.717, 1.165) is 8.95 Å². The van der Waals surface area contributed by atoms with E-state index in [4.69, 9.17) is 4.74 Å². The van der Waals surface area contributed by atoms with E-state index in [0.29, 0.717) is 11.1 Å². The molecule has 0 radical (unpaired) electrons. The molecule has 0 aromatic heterocycles. The van der Waals surface area contributed by atoms with Crippen LogP contribution in [0.4, 0.5) is 0 Å². The Morgan fingerprint density at radius 2 is 1.54 bits per heavy atom. The summed E-state index contributed by atoms with van der Waals surface area (Å²) in [6.07, 6.45) is 0. The molecule has 0 fully saturated rings. The van der Waals surface area contributed by atoms with Gasteiger partial charge in [-0.2, -0.15) is 5.26 Å². The number of rotatable bonds is 2. The van der Waals surface area contributed by atoms with E-state index in [1.807, 2.05) is 6.07 Å². The molecule has 2 aromatic carbocycles. The molecule has 0 unspecified atom stereocenters. The summed E-state index contributed by atoms with van der Waals surface area (Å²) >= 11 is 6.64. The van der Waals surface area contributed by atoms with Crippen LogP contribution in [0, 0.1) is 11.3 Å². The topological polar surface area (TPSA) is 70.3 Å². The molecule has 0 atom stereocenters. The van der Waals surface area contributed by atoms with Gasteiger partial charge in [0.1, 0.15) is 17.2 Å². The molecule has 1 heterocycles. The lowest BCUT2D eigenvalue weighted by Gasteiger charge is -2.04. The lowest BCUT2D eigenvalue weighted by atomic mass is 10.0. The summed E-state index contributed by atoms with van der Waals surface area (Å²) in [5.74, 6) is -1.14. The Bertz CT molecular complexity index is 920. The zero-order chi connectivity index (χ0) is 17.3. The minimum atomic E-state index is -0.685. The van der Waals surface area contributed by atoms with Gasteiger partial charge in [0, 0.05) is 8.95 Å². The minimum Gasteiger partial charge on any atom is -0.504 e. The van der Waals surface area contributed by atoms with Crippen LogP contribution in [0.1, 0.15) is 11.1 Å². The first-order valence-corrected chi connectivity index (χ1v) is 8.42. The first-order valence-electron chi connectivity index (χ1n) is 6.83. The van der Waals surface area contributed by atoms with Gasteiger partial charge in [0.2, 0.25) is 0 Å². The van der Waals surface area contributed by atoms with Gasteiger partial charge in [0.15, 0.2) is 11.5 Å². The van der Waals surface area contributed by atoms with Crippen molar-refractivity contribution < 1.29 is 14.6 Å². The quantitative estimate of drug-likeness (QED) is 0.522. The Hall–Kier alpha value is -2.36. The number of carbonyl (C=O) groups excluding carboxylic acids is 1. The van der Waals surface area contributed by atoms with Gasteiger partial charge < -0.3 is 9.84 Å². The van der Waals surface area contributed by atoms with Crippen molar-refractivity contribution in [1.82, 2.24) is 0 Å². The molecular formula is C18H9Br2NO3. The van der Waals surface area contributed by atoms with E-state index >= 15 is 0 Å². The molecule has 0 saturated heterocycles. The molecule has 3 rings (SSSR count). The maximum atomic E-state index is 12.2. The van der Waals surface area contributed by atoms with E-state index in [-0.39, 0.29) is 22.7 Å². The molecule has 0 amide bonds. The van der Waals surface area contributed by atoms with Gasteiger partial charge in [-0.15, -0.1) is 0 Å². The first-order chi connectivity index (χ1) is 11.5.